The van der Waals surface area contributed by atoms with Gasteiger partial charge in [-0.15, -0.1) is 0 Å². The number of carbonyl (C=O) groups is 1. The van der Waals surface area contributed by atoms with Crippen LogP contribution in [0.4, 0.5) is 0 Å². The van der Waals surface area contributed by atoms with Crippen LogP contribution in [-0.4, -0.2) is 5.97 Å². The van der Waals surface area contributed by atoms with E-state index in [0.29, 0.717) is 0 Å². The number of hydrogen-bond donors (Lipinski definition) is 0. The van der Waals surface area contributed by atoms with E-state index >= 15 is 0 Å². The van der Waals surface area contributed by atoms with E-state index in [2.05, 4.69) is 47.7 Å². The average molecular weight is 202 g/mol. The molecule has 1 aromatic rings. The molecular weight excluding hydrogens is 188 g/mol. The highest BCUT2D eigenvalue weighted by atomic mass is 16.5. The van der Waals surface area contributed by atoms with Crippen molar-refractivity contribution in [3.8, 4) is 0 Å². The second kappa shape index (κ2) is 5.81. The highest BCUT2D eigenvalue weighted by Crippen LogP contribution is 2.17. The van der Waals surface area contributed by atoms with Crippen molar-refractivity contribution in [1.82, 2.24) is 0 Å². The summed E-state index contributed by atoms with van der Waals surface area (Å²) in [6.45, 7) is 4.48. The first-order chi connectivity index (χ1) is 7.24. The minimum atomic E-state index is -0.329. The van der Waals surface area contributed by atoms with Crippen LogP contribution in [0.5, 0.6) is 0 Å². The third-order valence-electron chi connectivity index (χ3n) is 1.94. The number of hydrogen-bond acceptors (Lipinski definition) is 2. The van der Waals surface area contributed by atoms with E-state index in [9.17, 15) is 4.79 Å². The van der Waals surface area contributed by atoms with Crippen molar-refractivity contribution in [1.29, 1.82) is 0 Å². The van der Waals surface area contributed by atoms with E-state index in [4.69, 9.17) is 0 Å². The molecule has 0 spiro atoms. The molecule has 1 aliphatic rings. The largest absolute Gasteiger partial charge is 0.435 e. The fourth-order valence-corrected chi connectivity index (χ4v) is 1.31. The number of esters is 1. The first kappa shape index (κ1) is 11.2. The molecule has 0 saturated carbocycles. The average Bonchev–Trinajstić information content (AvgIpc) is 2.65. The Morgan fingerprint density at radius 3 is 2.73 bits per heavy atom. The third kappa shape index (κ3) is 3.81. The van der Waals surface area contributed by atoms with Gasteiger partial charge in [-0.25, -0.2) is 0 Å². The van der Waals surface area contributed by atoms with Crippen LogP contribution in [0, 0.1) is 0 Å². The number of carbonyl (C=O) groups excluding carboxylic acids is 1. The molecule has 78 valence electrons. The van der Waals surface area contributed by atoms with Gasteiger partial charge in [0.1, 0.15) is 0 Å². The van der Waals surface area contributed by atoms with E-state index < -0.39 is 0 Å². The Bertz CT molecular complexity index is 378. The van der Waals surface area contributed by atoms with Crippen LogP contribution in [0.3, 0.4) is 0 Å². The van der Waals surface area contributed by atoms with Crippen LogP contribution in [0.15, 0.2) is 43.2 Å². The summed E-state index contributed by atoms with van der Waals surface area (Å²) < 4.78 is 4.17. The summed E-state index contributed by atoms with van der Waals surface area (Å²) in [5.41, 5.74) is 2.84. The first-order valence-electron chi connectivity index (χ1n) is 4.76. The molecule has 0 amide bonds. The van der Waals surface area contributed by atoms with Gasteiger partial charge in [0.25, 0.3) is 0 Å². The molecule has 1 aliphatic carbocycles. The zero-order valence-electron chi connectivity index (χ0n) is 8.77. The Morgan fingerprint density at radius 1 is 1.47 bits per heavy atom. The molecule has 2 nitrogen and oxygen atoms in total. The number of fused-ring (bicyclic) bond motifs is 1. The maximum atomic E-state index is 9.75. The molecule has 15 heavy (non-hydrogen) atoms. The summed E-state index contributed by atoms with van der Waals surface area (Å²) in [4.78, 5) is 9.75. The topological polar surface area (TPSA) is 26.3 Å². The Kier molecular flexibility index (Phi) is 4.35. The van der Waals surface area contributed by atoms with Crippen molar-refractivity contribution in [3.05, 3.63) is 54.3 Å². The van der Waals surface area contributed by atoms with Crippen molar-refractivity contribution >= 4 is 12.0 Å². The van der Waals surface area contributed by atoms with Gasteiger partial charge in [-0.2, -0.15) is 0 Å². The van der Waals surface area contributed by atoms with Crippen LogP contribution in [-0.2, 0) is 16.0 Å². The Balaban J connectivity index is 0.000000167. The summed E-state index contributed by atoms with van der Waals surface area (Å²) in [7, 11) is 0. The van der Waals surface area contributed by atoms with Crippen molar-refractivity contribution in [2.45, 2.75) is 13.3 Å². The molecule has 0 fully saturated rings. The van der Waals surface area contributed by atoms with E-state index in [1.54, 1.807) is 0 Å². The van der Waals surface area contributed by atoms with Crippen molar-refractivity contribution in [3.63, 3.8) is 0 Å². The highest BCUT2D eigenvalue weighted by Gasteiger charge is 2.00. The van der Waals surface area contributed by atoms with Crippen molar-refractivity contribution < 1.29 is 9.53 Å². The molecule has 2 heteroatoms. The molecule has 0 N–H and O–H groups in total. The Hall–Kier alpha value is -1.83. The number of benzene rings is 1. The molecule has 0 heterocycles. The summed E-state index contributed by atoms with van der Waals surface area (Å²) >= 11 is 0. The molecule has 0 atom stereocenters. The van der Waals surface area contributed by atoms with Gasteiger partial charge >= 0.3 is 5.97 Å². The van der Waals surface area contributed by atoms with Crippen molar-refractivity contribution in [2.24, 2.45) is 0 Å². The van der Waals surface area contributed by atoms with Gasteiger partial charge in [0.15, 0.2) is 0 Å². The fraction of sp³-hybridized carbons (Fsp3) is 0.154. The van der Waals surface area contributed by atoms with Crippen LogP contribution < -0.4 is 0 Å². The van der Waals surface area contributed by atoms with Gasteiger partial charge in [-0.1, -0.05) is 43.0 Å². The highest BCUT2D eigenvalue weighted by molar-refractivity contribution is 5.66. The smallest absolute Gasteiger partial charge is 0.307 e. The normalized spacial score (nSPS) is 11.0. The van der Waals surface area contributed by atoms with Crippen LogP contribution in [0.2, 0.25) is 0 Å². The Labute approximate surface area is 89.9 Å². The molecule has 1 aromatic carbocycles. The quantitative estimate of drug-likeness (QED) is 0.517. The molecule has 0 unspecified atom stereocenters. The van der Waals surface area contributed by atoms with Crippen LogP contribution in [0.25, 0.3) is 6.08 Å². The van der Waals surface area contributed by atoms with E-state index in [0.717, 1.165) is 12.7 Å². The van der Waals surface area contributed by atoms with Crippen LogP contribution >= 0.6 is 0 Å². The van der Waals surface area contributed by atoms with Gasteiger partial charge in [-0.3, -0.25) is 4.79 Å². The van der Waals surface area contributed by atoms with Crippen molar-refractivity contribution in [2.75, 3.05) is 0 Å². The molecule has 0 aliphatic heterocycles. The zero-order valence-corrected chi connectivity index (χ0v) is 8.77. The lowest BCUT2D eigenvalue weighted by molar-refractivity contribution is -0.135. The molecule has 0 radical (unpaired) electrons. The lowest BCUT2D eigenvalue weighted by Gasteiger charge is -1.93. The second-order valence-electron chi connectivity index (χ2n) is 3.08. The van der Waals surface area contributed by atoms with Crippen LogP contribution in [0.1, 0.15) is 18.1 Å². The third-order valence-corrected chi connectivity index (χ3v) is 1.94. The molecule has 0 aromatic heterocycles. The molecule has 0 saturated heterocycles. The lowest BCUT2D eigenvalue weighted by atomic mass is 10.1. The molecule has 2 rings (SSSR count). The van der Waals surface area contributed by atoms with Gasteiger partial charge in [0.05, 0.1) is 6.26 Å². The first-order valence-corrected chi connectivity index (χ1v) is 4.76. The second-order valence-corrected chi connectivity index (χ2v) is 3.08. The predicted octanol–water partition coefficient (Wildman–Crippen LogP) is 2.95. The van der Waals surface area contributed by atoms with E-state index in [1.807, 2.05) is 0 Å². The summed E-state index contributed by atoms with van der Waals surface area (Å²) in [6.07, 6.45) is 6.60. The summed E-state index contributed by atoms with van der Waals surface area (Å²) in [5.74, 6) is -0.329. The maximum Gasteiger partial charge on any atom is 0.307 e. The summed E-state index contributed by atoms with van der Waals surface area (Å²) in [6, 6.07) is 8.49. The zero-order chi connectivity index (χ0) is 11.1. The lowest BCUT2D eigenvalue weighted by Crippen LogP contribution is -1.87. The maximum absolute atomic E-state index is 9.75. The SMILES string of the molecule is C1=Cc2ccccc2C1.C=COC(C)=O. The number of rotatable bonds is 1. The van der Waals surface area contributed by atoms with E-state index in [1.165, 1.54) is 18.1 Å². The fourth-order valence-electron chi connectivity index (χ4n) is 1.31. The minimum Gasteiger partial charge on any atom is -0.435 e. The predicted molar refractivity (Wildman–Crippen MR) is 61.1 cm³/mol. The van der Waals surface area contributed by atoms with Gasteiger partial charge in [0.2, 0.25) is 0 Å². The Morgan fingerprint density at radius 2 is 2.20 bits per heavy atom. The molecule has 0 bridgehead atoms. The number of ether oxygens (including phenoxy) is 1. The van der Waals surface area contributed by atoms with E-state index in [-0.39, 0.29) is 5.97 Å². The van der Waals surface area contributed by atoms with Gasteiger partial charge in [-0.05, 0) is 17.5 Å². The minimum absolute atomic E-state index is 0.329. The van der Waals surface area contributed by atoms with Gasteiger partial charge < -0.3 is 4.74 Å². The monoisotopic (exact) mass is 202 g/mol. The summed E-state index contributed by atoms with van der Waals surface area (Å²) in [5, 5.41) is 0. The van der Waals surface area contributed by atoms with Gasteiger partial charge in [0, 0.05) is 6.92 Å². The number of allylic oxidation sites excluding steroid dienone is 1. The standard InChI is InChI=1S/C9H8.C4H6O2/c1-2-5-9-7-3-6-8(9)4-1;1-3-6-4(2)5/h1-6H,7H2;3H,1H2,2H3. The molecular formula is C13H14O2.